The summed E-state index contributed by atoms with van der Waals surface area (Å²) in [5.41, 5.74) is 0. The minimum atomic E-state index is -5.15. The molecule has 0 bridgehead atoms. The second-order valence-electron chi connectivity index (χ2n) is 15.9. The van der Waals surface area contributed by atoms with Gasteiger partial charge >= 0.3 is 19.8 Å². The first-order valence-electron chi connectivity index (χ1n) is 23.4. The fourth-order valence-electron chi connectivity index (χ4n) is 6.51. The number of ether oxygens (including phenoxy) is 2. The molecule has 0 radical (unpaired) electrons. The van der Waals surface area contributed by atoms with Crippen LogP contribution in [-0.4, -0.2) is 98.3 Å². The molecule has 13 nitrogen and oxygen atoms in total. The highest BCUT2D eigenvalue weighted by atomic mass is 31.2. The van der Waals surface area contributed by atoms with Crippen LogP contribution in [0.3, 0.4) is 0 Å². The lowest BCUT2D eigenvalue weighted by molar-refractivity contribution is -0.220. The lowest BCUT2D eigenvalue weighted by atomic mass is 9.85. The van der Waals surface area contributed by atoms with Crippen molar-refractivity contribution in [2.75, 3.05) is 13.2 Å². The van der Waals surface area contributed by atoms with Crippen molar-refractivity contribution in [1.29, 1.82) is 0 Å². The lowest BCUT2D eigenvalue weighted by Crippen LogP contribution is -2.64. The number of rotatable bonds is 37. The van der Waals surface area contributed by atoms with E-state index < -0.39 is 75.7 Å². The van der Waals surface area contributed by atoms with Gasteiger partial charge in [-0.1, -0.05) is 163 Å². The number of hydrogen-bond acceptors (Lipinski definition) is 12. The predicted octanol–water partition coefficient (Wildman–Crippen LogP) is 9.28. The average molecular weight is 909 g/mol. The molecule has 0 aromatic heterocycles. The van der Waals surface area contributed by atoms with Gasteiger partial charge < -0.3 is 39.9 Å². The minimum Gasteiger partial charge on any atom is -0.462 e. The van der Waals surface area contributed by atoms with E-state index in [4.69, 9.17) is 18.5 Å². The molecule has 0 amide bonds. The Morgan fingerprint density at radius 1 is 0.508 bits per heavy atom. The number of aliphatic hydroxyl groups is 5. The summed E-state index contributed by atoms with van der Waals surface area (Å²) in [5, 5.41) is 50.1. The molecule has 1 rings (SSSR count). The minimum absolute atomic E-state index is 0.0393. The molecule has 6 unspecified atom stereocenters. The molecular formula is C49H81O13P. The maximum absolute atomic E-state index is 12.8. The Kier molecular flexibility index (Phi) is 35.3. The highest BCUT2D eigenvalue weighted by Gasteiger charge is 2.51. The summed E-state index contributed by atoms with van der Waals surface area (Å²) in [6.45, 7) is 3.08. The zero-order valence-corrected chi connectivity index (χ0v) is 39.0. The fraction of sp³-hybridized carbons (Fsp3) is 0.673. The zero-order valence-electron chi connectivity index (χ0n) is 38.1. The van der Waals surface area contributed by atoms with Gasteiger partial charge in [-0.2, -0.15) is 0 Å². The summed E-state index contributed by atoms with van der Waals surface area (Å²) in [5.74, 6) is -1.26. The van der Waals surface area contributed by atoms with Crippen LogP contribution in [0.5, 0.6) is 0 Å². The highest BCUT2D eigenvalue weighted by Crippen LogP contribution is 2.47. The van der Waals surface area contributed by atoms with E-state index in [1.54, 1.807) is 0 Å². The van der Waals surface area contributed by atoms with Gasteiger partial charge in [0.2, 0.25) is 0 Å². The van der Waals surface area contributed by atoms with Crippen molar-refractivity contribution < 1.29 is 63.1 Å². The van der Waals surface area contributed by atoms with Crippen LogP contribution in [-0.2, 0) is 32.7 Å². The molecule has 1 aliphatic carbocycles. The number of phosphoric ester groups is 1. The third-order valence-corrected chi connectivity index (χ3v) is 11.2. The van der Waals surface area contributed by atoms with E-state index in [9.17, 15) is 44.6 Å². The first kappa shape index (κ1) is 58.0. The van der Waals surface area contributed by atoms with Gasteiger partial charge in [0, 0.05) is 12.8 Å². The molecule has 0 aromatic rings. The molecule has 8 atom stereocenters. The van der Waals surface area contributed by atoms with Crippen molar-refractivity contribution in [2.45, 2.75) is 198 Å². The van der Waals surface area contributed by atoms with Gasteiger partial charge in [-0.05, 0) is 64.2 Å². The average Bonchev–Trinajstić information content (AvgIpc) is 3.26. The zero-order chi connectivity index (χ0) is 46.4. The van der Waals surface area contributed by atoms with Crippen LogP contribution >= 0.6 is 7.82 Å². The van der Waals surface area contributed by atoms with Crippen molar-refractivity contribution >= 4 is 19.8 Å². The van der Waals surface area contributed by atoms with E-state index in [0.717, 1.165) is 44.9 Å². The number of allylic oxidation sites excluding steroid dienone is 14. The van der Waals surface area contributed by atoms with Crippen molar-refractivity contribution in [2.24, 2.45) is 0 Å². The van der Waals surface area contributed by atoms with Crippen LogP contribution in [0, 0.1) is 0 Å². The Bertz CT molecular complexity index is 1420. The normalized spacial score (nSPS) is 22.5. The predicted molar refractivity (Wildman–Crippen MR) is 248 cm³/mol. The Morgan fingerprint density at radius 3 is 1.40 bits per heavy atom. The molecule has 1 aliphatic rings. The first-order chi connectivity index (χ1) is 30.4. The van der Waals surface area contributed by atoms with E-state index in [1.807, 2.05) is 24.3 Å². The smallest absolute Gasteiger partial charge is 0.462 e. The molecule has 360 valence electrons. The third-order valence-electron chi connectivity index (χ3n) is 10.2. The largest absolute Gasteiger partial charge is 0.472 e. The SMILES string of the molecule is CC/C=C/C/C=C/C/C=C/C/C=C/C/C=C/C/C=C/CCC(=O)O[C@H](COC(=O)CC/C=C/CCCCCCCCCCCCC)COP(=O)(O)OC1C(O)C(O)C(O)[C@@H](O)C1O. The van der Waals surface area contributed by atoms with Crippen molar-refractivity contribution in [1.82, 2.24) is 0 Å². The molecular weight excluding hydrogens is 828 g/mol. The molecule has 1 saturated carbocycles. The number of hydrogen-bond donors (Lipinski definition) is 6. The third kappa shape index (κ3) is 30.7. The number of carbonyl (C=O) groups excluding carboxylic acids is 2. The van der Waals surface area contributed by atoms with Crippen molar-refractivity contribution in [3.63, 3.8) is 0 Å². The second-order valence-corrected chi connectivity index (χ2v) is 17.3. The summed E-state index contributed by atoms with van der Waals surface area (Å²) < 4.78 is 33.4. The maximum Gasteiger partial charge on any atom is 0.472 e. The van der Waals surface area contributed by atoms with E-state index in [-0.39, 0.29) is 12.8 Å². The quantitative estimate of drug-likeness (QED) is 0.0149. The van der Waals surface area contributed by atoms with Crippen LogP contribution < -0.4 is 0 Å². The lowest BCUT2D eigenvalue weighted by Gasteiger charge is -2.41. The Balaban J connectivity index is 2.54. The van der Waals surface area contributed by atoms with E-state index in [2.05, 4.69) is 74.6 Å². The number of carbonyl (C=O) groups is 2. The molecule has 14 heteroatoms. The number of unbranched alkanes of at least 4 members (excludes halogenated alkanes) is 11. The van der Waals surface area contributed by atoms with Gasteiger partial charge in [-0.3, -0.25) is 18.6 Å². The highest BCUT2D eigenvalue weighted by molar-refractivity contribution is 7.47. The number of esters is 2. The van der Waals surface area contributed by atoms with E-state index in [0.29, 0.717) is 19.3 Å². The van der Waals surface area contributed by atoms with Gasteiger partial charge in [0.1, 0.15) is 43.2 Å². The molecule has 0 heterocycles. The van der Waals surface area contributed by atoms with E-state index in [1.165, 1.54) is 64.2 Å². The van der Waals surface area contributed by atoms with Crippen LogP contribution in [0.25, 0.3) is 0 Å². The summed E-state index contributed by atoms with van der Waals surface area (Å²) in [7, 11) is -5.15. The van der Waals surface area contributed by atoms with Crippen LogP contribution in [0.2, 0.25) is 0 Å². The van der Waals surface area contributed by atoms with Crippen LogP contribution in [0.4, 0.5) is 0 Å². The molecule has 0 aliphatic heterocycles. The van der Waals surface area contributed by atoms with Gasteiger partial charge in [-0.25, -0.2) is 4.57 Å². The molecule has 63 heavy (non-hydrogen) atoms. The van der Waals surface area contributed by atoms with Gasteiger partial charge in [0.25, 0.3) is 0 Å². The Labute approximate surface area is 378 Å². The van der Waals surface area contributed by atoms with Crippen molar-refractivity contribution in [3.05, 3.63) is 85.1 Å². The molecule has 0 saturated heterocycles. The summed E-state index contributed by atoms with van der Waals surface area (Å²) in [6, 6.07) is 0. The summed E-state index contributed by atoms with van der Waals surface area (Å²) in [4.78, 5) is 35.6. The van der Waals surface area contributed by atoms with Gasteiger partial charge in [0.15, 0.2) is 6.10 Å². The topological polar surface area (TPSA) is 210 Å². The second kappa shape index (κ2) is 38.3. The molecule has 1 fully saturated rings. The first-order valence-corrected chi connectivity index (χ1v) is 24.9. The molecule has 0 spiro atoms. The summed E-state index contributed by atoms with van der Waals surface area (Å²) in [6.07, 6.45) is 36.6. The Morgan fingerprint density at radius 2 is 0.905 bits per heavy atom. The van der Waals surface area contributed by atoms with Crippen molar-refractivity contribution in [3.8, 4) is 0 Å². The van der Waals surface area contributed by atoms with E-state index >= 15 is 0 Å². The van der Waals surface area contributed by atoms with Gasteiger partial charge in [0.05, 0.1) is 6.61 Å². The molecule has 0 aromatic carbocycles. The molecule has 6 N–H and O–H groups in total. The standard InChI is InChI=1S/C49H81O13P/c1-3-5-7-9-11-13-15-17-19-20-21-22-24-26-28-30-32-34-36-38-43(51)61-41(40-60-63(57,58)62-49-47(55)45(53)44(52)46(54)48(49)56)39-59-42(50)37-35-33-31-29-27-25-23-18-16-14-12-10-8-6-4-2/h5,7,11,13,17,19,21-22,26,28,31-34,41,44-49,52-56H,3-4,6,8-10,12,14-16,18,20,23-25,27,29-30,35-40H2,1-2H3,(H,57,58)/b7-5+,13-11+,19-17+,22-21+,28-26+,33-31+,34-32+/t41-,44?,45-,46?,47?,48?,49?/m1/s1. The van der Waals surface area contributed by atoms with Crippen LogP contribution in [0.15, 0.2) is 85.1 Å². The monoisotopic (exact) mass is 909 g/mol. The van der Waals surface area contributed by atoms with Gasteiger partial charge in [-0.15, -0.1) is 0 Å². The fourth-order valence-corrected chi connectivity index (χ4v) is 7.48. The maximum atomic E-state index is 12.8. The number of phosphoric acid groups is 1. The summed E-state index contributed by atoms with van der Waals surface area (Å²) >= 11 is 0. The van der Waals surface area contributed by atoms with Crippen LogP contribution in [0.1, 0.15) is 155 Å². The number of aliphatic hydroxyl groups excluding tert-OH is 5. The Hall–Kier alpha value is -2.97.